The number of hydrogen-bond acceptors (Lipinski definition) is 3. The molecule has 1 N–H and O–H groups in total. The molecule has 0 saturated carbocycles. The number of nitrogens with one attached hydrogen (secondary N) is 1. The van der Waals surface area contributed by atoms with E-state index in [1.54, 1.807) is 18.2 Å². The van der Waals surface area contributed by atoms with Crippen molar-refractivity contribution in [3.05, 3.63) is 52.8 Å². The van der Waals surface area contributed by atoms with Crippen molar-refractivity contribution in [2.45, 2.75) is 0 Å². The average Bonchev–Trinajstić information content (AvgIpc) is 2.47. The molecular formula is C15H13ClFNO3. The Balaban J connectivity index is 2.27. The van der Waals surface area contributed by atoms with Gasteiger partial charge in [0.1, 0.15) is 17.3 Å². The Bertz CT molecular complexity index is 676. The Morgan fingerprint density at radius 2 is 1.90 bits per heavy atom. The first-order chi connectivity index (χ1) is 10.0. The molecule has 0 radical (unpaired) electrons. The van der Waals surface area contributed by atoms with Crippen molar-refractivity contribution in [1.29, 1.82) is 0 Å². The van der Waals surface area contributed by atoms with Gasteiger partial charge in [0.2, 0.25) is 0 Å². The summed E-state index contributed by atoms with van der Waals surface area (Å²) in [5.74, 6) is -0.278. The summed E-state index contributed by atoms with van der Waals surface area (Å²) in [6.07, 6.45) is 0. The molecule has 2 rings (SSSR count). The van der Waals surface area contributed by atoms with Crippen LogP contribution in [0.4, 0.5) is 10.1 Å². The second-order valence-electron chi connectivity index (χ2n) is 4.14. The van der Waals surface area contributed by atoms with Gasteiger partial charge in [-0.3, -0.25) is 4.79 Å². The minimum absolute atomic E-state index is 0.0997. The Morgan fingerprint density at radius 1 is 1.14 bits per heavy atom. The van der Waals surface area contributed by atoms with E-state index < -0.39 is 11.7 Å². The van der Waals surface area contributed by atoms with E-state index in [1.807, 2.05) is 0 Å². The van der Waals surface area contributed by atoms with Gasteiger partial charge in [-0.1, -0.05) is 11.6 Å². The number of methoxy groups -OCH3 is 2. The highest BCUT2D eigenvalue weighted by molar-refractivity contribution is 6.30. The molecule has 2 aromatic rings. The van der Waals surface area contributed by atoms with Crippen molar-refractivity contribution < 1.29 is 18.7 Å². The maximum Gasteiger partial charge on any atom is 0.258 e. The number of hydrogen-bond donors (Lipinski definition) is 1. The van der Waals surface area contributed by atoms with Gasteiger partial charge in [-0.2, -0.15) is 0 Å². The first kappa shape index (κ1) is 15.1. The van der Waals surface area contributed by atoms with Crippen LogP contribution in [0.5, 0.6) is 11.5 Å². The van der Waals surface area contributed by atoms with E-state index in [0.29, 0.717) is 17.2 Å². The summed E-state index contributed by atoms with van der Waals surface area (Å²) in [6.45, 7) is 0. The van der Waals surface area contributed by atoms with Gasteiger partial charge in [-0.05, 0) is 30.3 Å². The topological polar surface area (TPSA) is 47.6 Å². The first-order valence-electron chi connectivity index (χ1n) is 6.03. The Labute approximate surface area is 126 Å². The van der Waals surface area contributed by atoms with Crippen LogP contribution in [0.3, 0.4) is 0 Å². The van der Waals surface area contributed by atoms with Crippen molar-refractivity contribution in [3.63, 3.8) is 0 Å². The number of ether oxygens (including phenoxy) is 2. The van der Waals surface area contributed by atoms with Crippen LogP contribution in [0.25, 0.3) is 0 Å². The zero-order chi connectivity index (χ0) is 15.4. The van der Waals surface area contributed by atoms with Gasteiger partial charge in [0.05, 0.1) is 25.5 Å². The lowest BCUT2D eigenvalue weighted by atomic mass is 10.2. The van der Waals surface area contributed by atoms with Crippen molar-refractivity contribution in [3.8, 4) is 11.5 Å². The van der Waals surface area contributed by atoms with Crippen LogP contribution in [-0.2, 0) is 0 Å². The average molecular weight is 310 g/mol. The molecule has 110 valence electrons. The van der Waals surface area contributed by atoms with Crippen molar-refractivity contribution in [1.82, 2.24) is 0 Å². The quantitative estimate of drug-likeness (QED) is 0.935. The van der Waals surface area contributed by atoms with E-state index in [2.05, 4.69) is 5.32 Å². The van der Waals surface area contributed by atoms with E-state index in [9.17, 15) is 9.18 Å². The lowest BCUT2D eigenvalue weighted by molar-refractivity contribution is 0.102. The third kappa shape index (κ3) is 3.44. The molecule has 0 aliphatic rings. The number of amides is 1. The molecule has 0 fully saturated rings. The molecule has 0 heterocycles. The number of anilines is 1. The van der Waals surface area contributed by atoms with Gasteiger partial charge >= 0.3 is 0 Å². The monoisotopic (exact) mass is 309 g/mol. The summed E-state index contributed by atoms with van der Waals surface area (Å²) in [5, 5.41) is 2.81. The van der Waals surface area contributed by atoms with Gasteiger partial charge in [-0.15, -0.1) is 0 Å². The molecule has 21 heavy (non-hydrogen) atoms. The van der Waals surface area contributed by atoms with Gasteiger partial charge < -0.3 is 14.8 Å². The number of benzene rings is 2. The van der Waals surface area contributed by atoms with E-state index in [-0.39, 0.29) is 10.6 Å². The predicted octanol–water partition coefficient (Wildman–Crippen LogP) is 3.75. The third-order valence-corrected chi connectivity index (χ3v) is 3.07. The maximum absolute atomic E-state index is 13.7. The molecule has 0 saturated heterocycles. The van der Waals surface area contributed by atoms with Gasteiger partial charge in [0.25, 0.3) is 5.91 Å². The van der Waals surface area contributed by atoms with E-state index >= 15 is 0 Å². The van der Waals surface area contributed by atoms with E-state index in [1.165, 1.54) is 26.4 Å². The highest BCUT2D eigenvalue weighted by atomic mass is 35.5. The standard InChI is InChI=1S/C15H13ClFNO3/c1-20-10-4-6-13(14(8-10)21-2)18-15(19)11-5-3-9(16)7-12(11)17/h3-8H,1-2H3,(H,18,19). The van der Waals surface area contributed by atoms with Crippen molar-refractivity contribution in [2.75, 3.05) is 19.5 Å². The van der Waals surface area contributed by atoms with Crippen LogP contribution in [0.15, 0.2) is 36.4 Å². The lowest BCUT2D eigenvalue weighted by Crippen LogP contribution is -2.14. The highest BCUT2D eigenvalue weighted by Gasteiger charge is 2.14. The van der Waals surface area contributed by atoms with Crippen molar-refractivity contribution >= 4 is 23.2 Å². The number of halogens is 2. The highest BCUT2D eigenvalue weighted by Crippen LogP contribution is 2.29. The summed E-state index contributed by atoms with van der Waals surface area (Å²) in [5.41, 5.74) is 0.315. The van der Waals surface area contributed by atoms with Crippen LogP contribution < -0.4 is 14.8 Å². The molecule has 0 aliphatic heterocycles. The molecule has 0 aliphatic carbocycles. The third-order valence-electron chi connectivity index (χ3n) is 2.83. The molecular weight excluding hydrogens is 297 g/mol. The molecule has 2 aromatic carbocycles. The Hall–Kier alpha value is -2.27. The lowest BCUT2D eigenvalue weighted by Gasteiger charge is -2.12. The van der Waals surface area contributed by atoms with Gasteiger partial charge in [0, 0.05) is 11.1 Å². The smallest absolute Gasteiger partial charge is 0.258 e. The summed E-state index contributed by atoms with van der Waals surface area (Å²) < 4.78 is 23.9. The SMILES string of the molecule is COc1ccc(NC(=O)c2ccc(Cl)cc2F)c(OC)c1. The molecule has 0 aromatic heterocycles. The minimum Gasteiger partial charge on any atom is -0.497 e. The zero-order valence-corrected chi connectivity index (χ0v) is 12.2. The van der Waals surface area contributed by atoms with Crippen LogP contribution in [-0.4, -0.2) is 20.1 Å². The van der Waals surface area contributed by atoms with Crippen molar-refractivity contribution in [2.24, 2.45) is 0 Å². The van der Waals surface area contributed by atoms with E-state index in [0.717, 1.165) is 6.07 Å². The fourth-order valence-corrected chi connectivity index (χ4v) is 1.92. The van der Waals surface area contributed by atoms with Crippen LogP contribution >= 0.6 is 11.6 Å². The molecule has 0 unspecified atom stereocenters. The predicted molar refractivity (Wildman–Crippen MR) is 78.9 cm³/mol. The van der Waals surface area contributed by atoms with Crippen LogP contribution in [0.1, 0.15) is 10.4 Å². The molecule has 6 heteroatoms. The van der Waals surface area contributed by atoms with Gasteiger partial charge in [0.15, 0.2) is 0 Å². The zero-order valence-electron chi connectivity index (χ0n) is 11.4. The largest absolute Gasteiger partial charge is 0.497 e. The maximum atomic E-state index is 13.7. The molecule has 0 atom stereocenters. The summed E-state index contributed by atoms with van der Waals surface area (Å²) in [7, 11) is 2.99. The van der Waals surface area contributed by atoms with Crippen LogP contribution in [0, 0.1) is 5.82 Å². The Morgan fingerprint density at radius 3 is 2.52 bits per heavy atom. The molecule has 0 bridgehead atoms. The fraction of sp³-hybridized carbons (Fsp3) is 0.133. The number of carbonyl (C=O) groups excluding carboxylic acids is 1. The number of carbonyl (C=O) groups is 1. The Kier molecular flexibility index (Phi) is 4.65. The molecule has 4 nitrogen and oxygen atoms in total. The first-order valence-corrected chi connectivity index (χ1v) is 6.41. The number of rotatable bonds is 4. The second-order valence-corrected chi connectivity index (χ2v) is 4.58. The van der Waals surface area contributed by atoms with Gasteiger partial charge in [-0.25, -0.2) is 4.39 Å². The second kappa shape index (κ2) is 6.45. The molecule has 1 amide bonds. The van der Waals surface area contributed by atoms with Crippen LogP contribution in [0.2, 0.25) is 5.02 Å². The summed E-state index contributed by atoms with van der Waals surface area (Å²) in [4.78, 5) is 12.1. The van der Waals surface area contributed by atoms with E-state index in [4.69, 9.17) is 21.1 Å². The normalized spacial score (nSPS) is 10.1. The fourth-order valence-electron chi connectivity index (χ4n) is 1.77. The summed E-state index contributed by atoms with van der Waals surface area (Å²) in [6, 6.07) is 8.75. The molecule has 0 spiro atoms. The minimum atomic E-state index is -0.688. The summed E-state index contributed by atoms with van der Waals surface area (Å²) >= 11 is 5.66.